The highest BCUT2D eigenvalue weighted by Crippen LogP contribution is 2.39. The molecule has 1 fully saturated rings. The van der Waals surface area contributed by atoms with Crippen molar-refractivity contribution in [1.82, 2.24) is 20.0 Å². The number of urea groups is 1. The van der Waals surface area contributed by atoms with Gasteiger partial charge in [0.2, 0.25) is 5.91 Å². The molecule has 4 rings (SSSR count). The third-order valence-corrected chi connectivity index (χ3v) is 5.38. The number of rotatable bonds is 4. The van der Waals surface area contributed by atoms with E-state index in [1.54, 1.807) is 16.9 Å². The van der Waals surface area contributed by atoms with E-state index < -0.39 is 17.5 Å². The van der Waals surface area contributed by atoms with Crippen LogP contribution in [0.1, 0.15) is 43.9 Å². The van der Waals surface area contributed by atoms with E-state index in [9.17, 15) is 14.4 Å². The maximum absolute atomic E-state index is 13.2. The summed E-state index contributed by atoms with van der Waals surface area (Å²) in [4.78, 5) is 39.3. The molecule has 8 heteroatoms. The summed E-state index contributed by atoms with van der Waals surface area (Å²) in [6.07, 6.45) is 3.81. The Morgan fingerprint density at radius 3 is 2.86 bits per heavy atom. The summed E-state index contributed by atoms with van der Waals surface area (Å²) >= 11 is 0. The van der Waals surface area contributed by atoms with Gasteiger partial charge in [-0.3, -0.25) is 14.5 Å². The number of carbonyl (C=O) groups excluding carboxylic acids is 3. The number of aromatic nitrogens is 2. The minimum atomic E-state index is -1.06. The molecular weight excluding hydrogens is 358 g/mol. The lowest BCUT2D eigenvalue weighted by molar-refractivity contribution is -0.134. The summed E-state index contributed by atoms with van der Waals surface area (Å²) in [5.74, 6) is -0.269. The van der Waals surface area contributed by atoms with Crippen LogP contribution in [0, 0.1) is 0 Å². The summed E-state index contributed by atoms with van der Waals surface area (Å²) in [6, 6.07) is 8.90. The van der Waals surface area contributed by atoms with Gasteiger partial charge in [-0.15, -0.1) is 0 Å². The highest BCUT2D eigenvalue weighted by molar-refractivity contribution is 6.10. The molecule has 1 aliphatic carbocycles. The van der Waals surface area contributed by atoms with Crippen LogP contribution in [0.2, 0.25) is 0 Å². The van der Waals surface area contributed by atoms with Gasteiger partial charge < -0.3 is 10.6 Å². The van der Waals surface area contributed by atoms with Crippen molar-refractivity contribution < 1.29 is 14.4 Å². The number of aryl methyl sites for hydroxylation is 1. The summed E-state index contributed by atoms with van der Waals surface area (Å²) in [6.45, 7) is 3.56. The van der Waals surface area contributed by atoms with Crippen LogP contribution in [0.25, 0.3) is 0 Å². The molecule has 0 saturated carbocycles. The number of carbonyl (C=O) groups is 3. The number of hydrogen-bond donors (Lipinski definition) is 2. The first-order valence-electron chi connectivity index (χ1n) is 9.48. The molecule has 4 amide bonds. The lowest BCUT2D eigenvalue weighted by Crippen LogP contribution is -2.47. The van der Waals surface area contributed by atoms with E-state index >= 15 is 0 Å². The second-order valence-corrected chi connectivity index (χ2v) is 7.54. The molecule has 1 atom stereocenters. The molecule has 2 aromatic rings. The zero-order valence-electron chi connectivity index (χ0n) is 15.9. The first kappa shape index (κ1) is 18.2. The monoisotopic (exact) mass is 381 g/mol. The Morgan fingerprint density at radius 1 is 1.29 bits per heavy atom. The normalized spacial score (nSPS) is 21.2. The largest absolute Gasteiger partial charge is 0.325 e. The van der Waals surface area contributed by atoms with E-state index in [2.05, 4.69) is 15.7 Å². The lowest BCUT2D eigenvalue weighted by atomic mass is 9.76. The van der Waals surface area contributed by atoms with Crippen LogP contribution in [-0.4, -0.2) is 39.1 Å². The summed E-state index contributed by atoms with van der Waals surface area (Å²) in [7, 11) is 0. The van der Waals surface area contributed by atoms with Crippen LogP contribution in [0.5, 0.6) is 0 Å². The fourth-order valence-corrected chi connectivity index (χ4v) is 4.11. The summed E-state index contributed by atoms with van der Waals surface area (Å²) in [5.41, 5.74) is 0.835. The van der Waals surface area contributed by atoms with E-state index in [1.165, 1.54) is 0 Å². The molecule has 146 valence electrons. The second-order valence-electron chi connectivity index (χ2n) is 7.54. The number of hydrogen-bond acceptors (Lipinski definition) is 4. The molecule has 0 bridgehead atoms. The molecule has 1 aromatic carbocycles. The summed E-state index contributed by atoms with van der Waals surface area (Å²) in [5, 5.41) is 9.76. The molecule has 8 nitrogen and oxygen atoms in total. The fraction of sp³-hybridized carbons (Fsp3) is 0.400. The predicted octanol–water partition coefficient (Wildman–Crippen LogP) is 2.19. The predicted molar refractivity (Wildman–Crippen MR) is 103 cm³/mol. The molecule has 1 aromatic heterocycles. The number of fused-ring (bicyclic) bond motifs is 2. The first-order chi connectivity index (χ1) is 13.4. The smallest absolute Gasteiger partial charge is 0.319 e. The zero-order valence-corrected chi connectivity index (χ0v) is 15.9. The number of nitrogens with zero attached hydrogens (tertiary/aromatic N) is 3. The Labute approximate surface area is 162 Å². The van der Waals surface area contributed by atoms with Crippen molar-refractivity contribution in [1.29, 1.82) is 0 Å². The third-order valence-electron chi connectivity index (χ3n) is 5.38. The maximum atomic E-state index is 13.2. The first-order valence-corrected chi connectivity index (χ1v) is 9.48. The second kappa shape index (κ2) is 6.78. The summed E-state index contributed by atoms with van der Waals surface area (Å²) < 4.78 is 1.67. The van der Waals surface area contributed by atoms with Crippen LogP contribution in [0.4, 0.5) is 10.6 Å². The minimum absolute atomic E-state index is 0.0732. The molecule has 2 heterocycles. The van der Waals surface area contributed by atoms with Gasteiger partial charge in [0.15, 0.2) is 0 Å². The van der Waals surface area contributed by atoms with Crippen LogP contribution in [0.15, 0.2) is 36.5 Å². The van der Waals surface area contributed by atoms with Crippen molar-refractivity contribution in [3.63, 3.8) is 0 Å². The van der Waals surface area contributed by atoms with Gasteiger partial charge in [0.05, 0.1) is 6.20 Å². The van der Waals surface area contributed by atoms with E-state index in [0.717, 1.165) is 28.9 Å². The zero-order chi connectivity index (χ0) is 19.9. The Morgan fingerprint density at radius 2 is 2.07 bits per heavy atom. The van der Waals surface area contributed by atoms with Crippen molar-refractivity contribution >= 4 is 23.7 Å². The molecule has 2 aliphatic rings. The van der Waals surface area contributed by atoms with Crippen molar-refractivity contribution in [2.45, 2.75) is 44.7 Å². The van der Waals surface area contributed by atoms with E-state index in [1.807, 2.05) is 38.1 Å². The molecule has 1 aliphatic heterocycles. The van der Waals surface area contributed by atoms with Gasteiger partial charge >= 0.3 is 6.03 Å². The van der Waals surface area contributed by atoms with Crippen LogP contribution in [0.3, 0.4) is 0 Å². The minimum Gasteiger partial charge on any atom is -0.319 e. The molecule has 0 radical (unpaired) electrons. The number of benzene rings is 1. The Balaban J connectivity index is 1.54. The van der Waals surface area contributed by atoms with Gasteiger partial charge in [0.25, 0.3) is 5.91 Å². The van der Waals surface area contributed by atoms with Gasteiger partial charge in [-0.2, -0.15) is 5.10 Å². The third kappa shape index (κ3) is 2.85. The Hall–Kier alpha value is -3.16. The van der Waals surface area contributed by atoms with Crippen molar-refractivity contribution in [2.75, 3.05) is 11.9 Å². The van der Waals surface area contributed by atoms with Crippen LogP contribution in [-0.2, 0) is 21.5 Å². The van der Waals surface area contributed by atoms with Gasteiger partial charge in [-0.05, 0) is 44.2 Å². The van der Waals surface area contributed by atoms with Crippen molar-refractivity contribution in [3.05, 3.63) is 47.7 Å². The van der Waals surface area contributed by atoms with Gasteiger partial charge in [-0.25, -0.2) is 9.48 Å². The molecule has 1 spiro atoms. The average molecular weight is 381 g/mol. The van der Waals surface area contributed by atoms with Crippen LogP contribution < -0.4 is 10.6 Å². The standard InChI is InChI=1S/C20H23N5O3/c1-13(2)25-16(9-11-21-25)22-17(26)12-24-18(27)20(23-19(24)28)10-5-7-14-6-3-4-8-15(14)20/h3-4,6,8-9,11,13H,5,7,10,12H2,1-2H3,(H,22,26)(H,23,28). The topological polar surface area (TPSA) is 96.3 Å². The molecule has 2 N–H and O–H groups in total. The van der Waals surface area contributed by atoms with Crippen molar-refractivity contribution in [3.8, 4) is 0 Å². The van der Waals surface area contributed by atoms with E-state index in [0.29, 0.717) is 12.2 Å². The van der Waals surface area contributed by atoms with Crippen LogP contribution >= 0.6 is 0 Å². The fourth-order valence-electron chi connectivity index (χ4n) is 4.11. The highest BCUT2D eigenvalue weighted by atomic mass is 16.2. The van der Waals surface area contributed by atoms with Gasteiger partial charge in [0.1, 0.15) is 17.9 Å². The number of nitrogens with one attached hydrogen (secondary N) is 2. The van der Waals surface area contributed by atoms with E-state index in [-0.39, 0.29) is 18.5 Å². The van der Waals surface area contributed by atoms with Gasteiger partial charge in [-0.1, -0.05) is 24.3 Å². The van der Waals surface area contributed by atoms with Gasteiger partial charge in [0, 0.05) is 12.1 Å². The van der Waals surface area contributed by atoms with E-state index in [4.69, 9.17) is 0 Å². The quantitative estimate of drug-likeness (QED) is 0.794. The number of anilines is 1. The number of amides is 4. The maximum Gasteiger partial charge on any atom is 0.325 e. The average Bonchev–Trinajstić information content (AvgIpc) is 3.21. The molecule has 1 unspecified atom stereocenters. The molecule has 1 saturated heterocycles. The molecule has 28 heavy (non-hydrogen) atoms. The Bertz CT molecular complexity index is 951. The SMILES string of the molecule is CC(C)n1nccc1NC(=O)CN1C(=O)NC2(CCCc3ccccc32)C1=O. The highest BCUT2D eigenvalue weighted by Gasteiger charge is 2.54. The molecular formula is C20H23N5O3. The number of imide groups is 1. The lowest BCUT2D eigenvalue weighted by Gasteiger charge is -2.33. The Kier molecular flexibility index (Phi) is 4.41. The van der Waals surface area contributed by atoms with Crippen molar-refractivity contribution in [2.24, 2.45) is 0 Å².